The first kappa shape index (κ1) is 18.3. The number of nitrogens with zero attached hydrogens (tertiary/aromatic N) is 2. The molecule has 1 aromatic carbocycles. The van der Waals surface area contributed by atoms with Crippen LogP contribution in [0, 0.1) is 12.7 Å². The standard InChI is InChI=1S/C20H24FN3O2/c1-13-6-9-16(19(25)22-13)20(26)24-10-4-5-18(24)14-7-8-15(12-23(2)3)17(21)11-14/h6-9,11,18H,4-5,10,12H2,1-3H3,(H,22,25)/t18-/m1/s1. The fraction of sp³-hybridized carbons (Fsp3) is 0.400. The van der Waals surface area contributed by atoms with Gasteiger partial charge in [0.05, 0.1) is 6.04 Å². The van der Waals surface area contributed by atoms with Crippen LogP contribution < -0.4 is 5.56 Å². The summed E-state index contributed by atoms with van der Waals surface area (Å²) in [6, 6.07) is 8.27. The lowest BCUT2D eigenvalue weighted by atomic mass is 10.0. The number of aryl methyl sites for hydroxylation is 1. The maximum absolute atomic E-state index is 14.4. The minimum Gasteiger partial charge on any atom is -0.331 e. The molecule has 2 aromatic rings. The molecule has 0 unspecified atom stereocenters. The molecule has 5 nitrogen and oxygen atoms in total. The Morgan fingerprint density at radius 1 is 1.31 bits per heavy atom. The Morgan fingerprint density at radius 2 is 2.08 bits per heavy atom. The fourth-order valence-electron chi connectivity index (χ4n) is 3.49. The van der Waals surface area contributed by atoms with Crippen molar-refractivity contribution in [1.29, 1.82) is 0 Å². The van der Waals surface area contributed by atoms with E-state index in [1.807, 2.05) is 25.1 Å². The molecule has 1 aromatic heterocycles. The van der Waals surface area contributed by atoms with E-state index < -0.39 is 0 Å². The van der Waals surface area contributed by atoms with Crippen molar-refractivity contribution in [3.63, 3.8) is 0 Å². The number of rotatable bonds is 4. The van der Waals surface area contributed by atoms with E-state index in [1.54, 1.807) is 30.0 Å². The summed E-state index contributed by atoms with van der Waals surface area (Å²) in [4.78, 5) is 31.2. The lowest BCUT2D eigenvalue weighted by Crippen LogP contribution is -2.34. The van der Waals surface area contributed by atoms with E-state index in [4.69, 9.17) is 0 Å². The van der Waals surface area contributed by atoms with Crippen LogP contribution in [0.1, 0.15) is 46.1 Å². The first-order valence-corrected chi connectivity index (χ1v) is 8.81. The van der Waals surface area contributed by atoms with E-state index in [1.165, 1.54) is 6.07 Å². The van der Waals surface area contributed by atoms with Crippen molar-refractivity contribution in [3.05, 3.63) is 68.9 Å². The molecule has 1 fully saturated rings. The molecule has 0 spiro atoms. The predicted molar refractivity (Wildman–Crippen MR) is 98.6 cm³/mol. The highest BCUT2D eigenvalue weighted by molar-refractivity contribution is 5.94. The highest BCUT2D eigenvalue weighted by Gasteiger charge is 2.32. The Labute approximate surface area is 152 Å². The second-order valence-corrected chi connectivity index (χ2v) is 7.13. The molecule has 0 saturated carbocycles. The third kappa shape index (κ3) is 3.70. The van der Waals surface area contributed by atoms with E-state index in [0.29, 0.717) is 24.3 Å². The first-order chi connectivity index (χ1) is 12.4. The number of carbonyl (C=O) groups excluding carboxylic acids is 1. The van der Waals surface area contributed by atoms with Crippen LogP contribution in [0.2, 0.25) is 0 Å². The smallest absolute Gasteiger partial charge is 0.260 e. The van der Waals surface area contributed by atoms with Crippen LogP contribution in [0.5, 0.6) is 0 Å². The van der Waals surface area contributed by atoms with Gasteiger partial charge in [0.2, 0.25) is 0 Å². The summed E-state index contributed by atoms with van der Waals surface area (Å²) in [6.07, 6.45) is 1.60. The SMILES string of the molecule is Cc1ccc(C(=O)N2CCC[C@@H]2c2ccc(CN(C)C)c(F)c2)c(=O)[nH]1. The lowest BCUT2D eigenvalue weighted by Gasteiger charge is -2.25. The van der Waals surface area contributed by atoms with Crippen molar-refractivity contribution >= 4 is 5.91 Å². The molecule has 1 aliphatic heterocycles. The second kappa shape index (κ2) is 7.41. The van der Waals surface area contributed by atoms with Crippen LogP contribution in [0.4, 0.5) is 4.39 Å². The number of benzene rings is 1. The van der Waals surface area contributed by atoms with Gasteiger partial charge in [-0.05, 0) is 57.6 Å². The monoisotopic (exact) mass is 357 g/mol. The van der Waals surface area contributed by atoms with Crippen LogP contribution >= 0.6 is 0 Å². The van der Waals surface area contributed by atoms with Gasteiger partial charge >= 0.3 is 0 Å². The van der Waals surface area contributed by atoms with Gasteiger partial charge < -0.3 is 14.8 Å². The van der Waals surface area contributed by atoms with Crippen LogP contribution in [-0.4, -0.2) is 41.3 Å². The fourth-order valence-corrected chi connectivity index (χ4v) is 3.49. The molecule has 6 heteroatoms. The zero-order chi connectivity index (χ0) is 18.8. The summed E-state index contributed by atoms with van der Waals surface area (Å²) in [7, 11) is 3.79. The average molecular weight is 357 g/mol. The number of halogens is 1. The van der Waals surface area contributed by atoms with Crippen molar-refractivity contribution in [2.75, 3.05) is 20.6 Å². The number of H-pyrrole nitrogens is 1. The molecule has 138 valence electrons. The van der Waals surface area contributed by atoms with Crippen LogP contribution in [0.3, 0.4) is 0 Å². The molecule has 1 saturated heterocycles. The molecule has 0 aliphatic carbocycles. The van der Waals surface area contributed by atoms with Gasteiger partial charge in [-0.25, -0.2) is 4.39 Å². The zero-order valence-corrected chi connectivity index (χ0v) is 15.4. The molecule has 1 amide bonds. The normalized spacial score (nSPS) is 17.1. The predicted octanol–water partition coefficient (Wildman–Crippen LogP) is 2.86. The van der Waals surface area contributed by atoms with Crippen LogP contribution in [-0.2, 0) is 6.54 Å². The topological polar surface area (TPSA) is 56.4 Å². The quantitative estimate of drug-likeness (QED) is 0.915. The molecule has 1 aliphatic rings. The number of likely N-dealkylation sites (tertiary alicyclic amines) is 1. The molecular formula is C20H24FN3O2. The van der Waals surface area contributed by atoms with E-state index in [9.17, 15) is 14.0 Å². The molecular weight excluding hydrogens is 333 g/mol. The molecule has 0 bridgehead atoms. The first-order valence-electron chi connectivity index (χ1n) is 8.81. The maximum Gasteiger partial charge on any atom is 0.260 e. The summed E-state index contributed by atoms with van der Waals surface area (Å²) in [5.74, 6) is -0.560. The van der Waals surface area contributed by atoms with Crippen LogP contribution in [0.25, 0.3) is 0 Å². The van der Waals surface area contributed by atoms with Crippen molar-refractivity contribution < 1.29 is 9.18 Å². The van der Waals surface area contributed by atoms with Crippen molar-refractivity contribution in [1.82, 2.24) is 14.8 Å². The number of hydrogen-bond donors (Lipinski definition) is 1. The molecule has 0 radical (unpaired) electrons. The molecule has 1 N–H and O–H groups in total. The Balaban J connectivity index is 1.87. The highest BCUT2D eigenvalue weighted by Crippen LogP contribution is 2.33. The van der Waals surface area contributed by atoms with Gasteiger partial charge in [-0.2, -0.15) is 0 Å². The third-order valence-corrected chi connectivity index (χ3v) is 4.75. The van der Waals surface area contributed by atoms with Crippen LogP contribution in [0.15, 0.2) is 35.1 Å². The Kier molecular flexibility index (Phi) is 5.23. The average Bonchev–Trinajstić information content (AvgIpc) is 3.05. The molecule has 1 atom stereocenters. The summed E-state index contributed by atoms with van der Waals surface area (Å²) in [6.45, 7) is 2.86. The lowest BCUT2D eigenvalue weighted by molar-refractivity contribution is 0.0733. The van der Waals surface area contributed by atoms with E-state index in [-0.39, 0.29) is 28.9 Å². The molecule has 3 rings (SSSR count). The summed E-state index contributed by atoms with van der Waals surface area (Å²) in [5.41, 5.74) is 1.87. The van der Waals surface area contributed by atoms with Gasteiger partial charge in [0, 0.05) is 24.3 Å². The number of aromatic amines is 1. The van der Waals surface area contributed by atoms with Gasteiger partial charge in [0.1, 0.15) is 11.4 Å². The minimum atomic E-state index is -0.381. The largest absolute Gasteiger partial charge is 0.331 e. The van der Waals surface area contributed by atoms with Gasteiger partial charge in [-0.15, -0.1) is 0 Å². The maximum atomic E-state index is 14.4. The number of amides is 1. The minimum absolute atomic E-state index is 0.132. The summed E-state index contributed by atoms with van der Waals surface area (Å²) in [5, 5.41) is 0. The van der Waals surface area contributed by atoms with Crippen molar-refractivity contribution in [2.24, 2.45) is 0 Å². The summed E-state index contributed by atoms with van der Waals surface area (Å²) >= 11 is 0. The Hall–Kier alpha value is -2.47. The Bertz CT molecular complexity index is 876. The number of carbonyl (C=O) groups is 1. The van der Waals surface area contributed by atoms with E-state index in [2.05, 4.69) is 4.98 Å². The van der Waals surface area contributed by atoms with Gasteiger partial charge in [-0.1, -0.05) is 12.1 Å². The Morgan fingerprint density at radius 3 is 2.73 bits per heavy atom. The number of hydrogen-bond acceptors (Lipinski definition) is 3. The third-order valence-electron chi connectivity index (χ3n) is 4.75. The molecule has 26 heavy (non-hydrogen) atoms. The second-order valence-electron chi connectivity index (χ2n) is 7.13. The highest BCUT2D eigenvalue weighted by atomic mass is 19.1. The van der Waals surface area contributed by atoms with Gasteiger partial charge in [0.25, 0.3) is 11.5 Å². The van der Waals surface area contributed by atoms with Gasteiger partial charge in [-0.3, -0.25) is 9.59 Å². The van der Waals surface area contributed by atoms with Crippen molar-refractivity contribution in [3.8, 4) is 0 Å². The van der Waals surface area contributed by atoms with Crippen molar-refractivity contribution in [2.45, 2.75) is 32.4 Å². The number of aromatic nitrogens is 1. The summed E-state index contributed by atoms with van der Waals surface area (Å²) < 4.78 is 14.4. The zero-order valence-electron chi connectivity index (χ0n) is 15.4. The van der Waals surface area contributed by atoms with E-state index >= 15 is 0 Å². The number of pyridine rings is 1. The van der Waals surface area contributed by atoms with E-state index in [0.717, 1.165) is 18.4 Å². The number of nitrogens with one attached hydrogen (secondary N) is 1. The van der Waals surface area contributed by atoms with Gasteiger partial charge in [0.15, 0.2) is 0 Å². The molecule has 2 heterocycles.